The number of carboxylic acids is 1. The van der Waals surface area contributed by atoms with Crippen LogP contribution in [-0.2, 0) is 18.3 Å². The minimum Gasteiger partial charge on any atom is -0.481 e. The highest BCUT2D eigenvalue weighted by atomic mass is 16.4. The summed E-state index contributed by atoms with van der Waals surface area (Å²) in [5.41, 5.74) is 3.01. The van der Waals surface area contributed by atoms with Gasteiger partial charge in [0, 0.05) is 31.0 Å². The minimum absolute atomic E-state index is 0.116. The first-order chi connectivity index (χ1) is 13.6. The largest absolute Gasteiger partial charge is 0.481 e. The van der Waals surface area contributed by atoms with Gasteiger partial charge in [0.1, 0.15) is 5.92 Å². The van der Waals surface area contributed by atoms with Gasteiger partial charge in [-0.2, -0.15) is 0 Å². The maximum Gasteiger partial charge on any atom is 0.313 e. The molecule has 5 nitrogen and oxygen atoms in total. The third kappa shape index (κ3) is 3.09. The van der Waals surface area contributed by atoms with Gasteiger partial charge in [-0.3, -0.25) is 9.59 Å². The van der Waals surface area contributed by atoms with E-state index in [-0.39, 0.29) is 5.91 Å². The van der Waals surface area contributed by atoms with Gasteiger partial charge in [-0.05, 0) is 35.7 Å². The summed E-state index contributed by atoms with van der Waals surface area (Å²) in [6, 6.07) is 20.2. The third-order valence-corrected chi connectivity index (χ3v) is 5.48. The van der Waals surface area contributed by atoms with E-state index in [1.165, 1.54) is 0 Å². The number of nitrogens with zero attached hydrogens (tertiary/aromatic N) is 2. The third-order valence-electron chi connectivity index (χ3n) is 5.48. The summed E-state index contributed by atoms with van der Waals surface area (Å²) >= 11 is 0. The van der Waals surface area contributed by atoms with Crippen LogP contribution in [0.1, 0.15) is 39.1 Å². The van der Waals surface area contributed by atoms with E-state index in [0.717, 1.165) is 11.3 Å². The van der Waals surface area contributed by atoms with E-state index < -0.39 is 17.9 Å². The van der Waals surface area contributed by atoms with Gasteiger partial charge in [0.2, 0.25) is 0 Å². The second kappa shape index (κ2) is 7.35. The summed E-state index contributed by atoms with van der Waals surface area (Å²) in [6.45, 7) is 0.455. The molecule has 0 saturated heterocycles. The van der Waals surface area contributed by atoms with Crippen molar-refractivity contribution in [2.45, 2.75) is 18.4 Å². The van der Waals surface area contributed by atoms with Crippen LogP contribution in [0.3, 0.4) is 0 Å². The van der Waals surface area contributed by atoms with Crippen molar-refractivity contribution in [3.8, 4) is 0 Å². The van der Waals surface area contributed by atoms with Gasteiger partial charge >= 0.3 is 5.97 Å². The summed E-state index contributed by atoms with van der Waals surface area (Å²) in [5, 5.41) is 10.1. The molecule has 0 aliphatic carbocycles. The number of aryl methyl sites for hydroxylation is 1. The van der Waals surface area contributed by atoms with E-state index in [4.69, 9.17) is 0 Å². The maximum atomic E-state index is 13.3. The zero-order valence-electron chi connectivity index (χ0n) is 15.7. The topological polar surface area (TPSA) is 62.5 Å². The Labute approximate surface area is 163 Å². The molecule has 0 saturated carbocycles. The summed E-state index contributed by atoms with van der Waals surface area (Å²) in [6.07, 6.45) is 2.55. The van der Waals surface area contributed by atoms with Crippen molar-refractivity contribution < 1.29 is 14.7 Å². The highest BCUT2D eigenvalue weighted by Crippen LogP contribution is 2.42. The molecule has 28 heavy (non-hydrogen) atoms. The van der Waals surface area contributed by atoms with Gasteiger partial charge in [-0.15, -0.1) is 0 Å². The number of fused-ring (bicyclic) bond motifs is 1. The van der Waals surface area contributed by atoms with Crippen LogP contribution in [0.15, 0.2) is 72.9 Å². The quantitative estimate of drug-likeness (QED) is 0.742. The Kier molecular flexibility index (Phi) is 4.74. The molecule has 1 N–H and O–H groups in total. The van der Waals surface area contributed by atoms with Crippen molar-refractivity contribution in [2.75, 3.05) is 6.54 Å². The van der Waals surface area contributed by atoms with E-state index in [9.17, 15) is 14.7 Å². The molecule has 3 aromatic rings. The molecule has 0 radical (unpaired) electrons. The predicted octanol–water partition coefficient (Wildman–Crippen LogP) is 3.63. The molecule has 142 valence electrons. The number of benzene rings is 2. The van der Waals surface area contributed by atoms with Crippen LogP contribution in [0.2, 0.25) is 0 Å². The molecule has 1 aliphatic heterocycles. The standard InChI is InChI=1S/C23H22N2O3/c1-24-14-7-12-19(24)21-20(23(27)28)17-10-5-6-11-18(17)22(26)25(21)15-13-16-8-3-2-4-9-16/h2-12,14,20-21H,13,15H2,1H3,(H,27,28)/t20-,21+/m0/s1. The highest BCUT2D eigenvalue weighted by molar-refractivity contribution is 6.00. The van der Waals surface area contributed by atoms with E-state index >= 15 is 0 Å². The summed E-state index contributed by atoms with van der Waals surface area (Å²) in [5.74, 6) is -1.84. The van der Waals surface area contributed by atoms with Crippen LogP contribution >= 0.6 is 0 Å². The Morgan fingerprint density at radius 2 is 1.71 bits per heavy atom. The number of carbonyl (C=O) groups is 2. The number of carboxylic acid groups (broad SMARTS) is 1. The van der Waals surface area contributed by atoms with Crippen molar-refractivity contribution in [1.82, 2.24) is 9.47 Å². The lowest BCUT2D eigenvalue weighted by atomic mass is 9.81. The van der Waals surface area contributed by atoms with Crippen LogP contribution in [0.25, 0.3) is 0 Å². The highest BCUT2D eigenvalue weighted by Gasteiger charge is 2.44. The fraction of sp³-hybridized carbons (Fsp3) is 0.217. The molecule has 2 atom stereocenters. The van der Waals surface area contributed by atoms with Crippen molar-refractivity contribution in [1.29, 1.82) is 0 Å². The average Bonchev–Trinajstić information content (AvgIpc) is 3.13. The van der Waals surface area contributed by atoms with E-state index in [1.54, 1.807) is 29.2 Å². The molecule has 2 aromatic carbocycles. The number of rotatable bonds is 5. The lowest BCUT2D eigenvalue weighted by Crippen LogP contribution is -2.46. The smallest absolute Gasteiger partial charge is 0.313 e. The lowest BCUT2D eigenvalue weighted by molar-refractivity contribution is -0.140. The molecule has 0 bridgehead atoms. The predicted molar refractivity (Wildman–Crippen MR) is 106 cm³/mol. The van der Waals surface area contributed by atoms with Gasteiger partial charge in [-0.1, -0.05) is 48.5 Å². The lowest BCUT2D eigenvalue weighted by Gasteiger charge is -2.40. The fourth-order valence-corrected chi connectivity index (χ4v) is 4.11. The number of hydrogen-bond donors (Lipinski definition) is 1. The fourth-order valence-electron chi connectivity index (χ4n) is 4.11. The average molecular weight is 374 g/mol. The molecular weight excluding hydrogens is 352 g/mol. The Balaban J connectivity index is 1.80. The first-order valence-corrected chi connectivity index (χ1v) is 9.36. The van der Waals surface area contributed by atoms with Crippen LogP contribution < -0.4 is 0 Å². The van der Waals surface area contributed by atoms with Gasteiger partial charge in [0.05, 0.1) is 6.04 Å². The van der Waals surface area contributed by atoms with Crippen LogP contribution in [0, 0.1) is 0 Å². The van der Waals surface area contributed by atoms with Gasteiger partial charge in [-0.25, -0.2) is 0 Å². The molecule has 0 fully saturated rings. The van der Waals surface area contributed by atoms with Crippen molar-refractivity contribution >= 4 is 11.9 Å². The molecule has 4 rings (SSSR count). The number of aromatic nitrogens is 1. The molecule has 0 spiro atoms. The first-order valence-electron chi connectivity index (χ1n) is 9.36. The molecule has 2 heterocycles. The van der Waals surface area contributed by atoms with Crippen molar-refractivity contribution in [2.24, 2.45) is 7.05 Å². The number of amides is 1. The Hall–Kier alpha value is -3.34. The SMILES string of the molecule is Cn1cccc1[C@@H]1[C@@H](C(=O)O)c2ccccc2C(=O)N1CCc1ccccc1. The zero-order valence-corrected chi connectivity index (χ0v) is 15.7. The van der Waals surface area contributed by atoms with E-state index in [2.05, 4.69) is 0 Å². The number of hydrogen-bond acceptors (Lipinski definition) is 2. The molecule has 1 amide bonds. The molecule has 1 aliphatic rings. The second-order valence-corrected chi connectivity index (χ2v) is 7.13. The van der Waals surface area contributed by atoms with E-state index in [0.29, 0.717) is 24.1 Å². The Morgan fingerprint density at radius 3 is 2.39 bits per heavy atom. The molecule has 5 heteroatoms. The number of carbonyl (C=O) groups excluding carboxylic acids is 1. The number of aliphatic carboxylic acids is 1. The molecule has 1 aromatic heterocycles. The first kappa shape index (κ1) is 18.0. The summed E-state index contributed by atoms with van der Waals surface area (Å²) in [7, 11) is 1.88. The summed E-state index contributed by atoms with van der Waals surface area (Å²) in [4.78, 5) is 27.4. The Bertz CT molecular complexity index is 1010. The second-order valence-electron chi connectivity index (χ2n) is 7.13. The van der Waals surface area contributed by atoms with Crippen molar-refractivity contribution in [3.05, 3.63) is 95.3 Å². The van der Waals surface area contributed by atoms with Crippen LogP contribution in [-0.4, -0.2) is 33.0 Å². The van der Waals surface area contributed by atoms with Crippen LogP contribution in [0.5, 0.6) is 0 Å². The van der Waals surface area contributed by atoms with Gasteiger partial charge in [0.15, 0.2) is 0 Å². The Morgan fingerprint density at radius 1 is 1.00 bits per heavy atom. The molecular formula is C23H22N2O3. The van der Waals surface area contributed by atoms with Gasteiger partial charge < -0.3 is 14.6 Å². The van der Waals surface area contributed by atoms with Crippen molar-refractivity contribution in [3.63, 3.8) is 0 Å². The zero-order chi connectivity index (χ0) is 19.7. The normalized spacial score (nSPS) is 18.8. The van der Waals surface area contributed by atoms with E-state index in [1.807, 2.05) is 60.3 Å². The summed E-state index contributed by atoms with van der Waals surface area (Å²) < 4.78 is 1.90. The monoisotopic (exact) mass is 374 g/mol. The minimum atomic E-state index is -0.920. The molecule has 0 unspecified atom stereocenters. The van der Waals surface area contributed by atoms with Gasteiger partial charge in [0.25, 0.3) is 5.91 Å². The van der Waals surface area contributed by atoms with Crippen LogP contribution in [0.4, 0.5) is 0 Å². The maximum absolute atomic E-state index is 13.3.